The molecule has 0 radical (unpaired) electrons. The van der Waals surface area contributed by atoms with Crippen LogP contribution in [-0.4, -0.2) is 57.1 Å². The molecule has 1 N–H and O–H groups in total. The van der Waals surface area contributed by atoms with Crippen molar-refractivity contribution in [2.24, 2.45) is 0 Å². The van der Waals surface area contributed by atoms with Crippen LogP contribution in [0.5, 0.6) is 0 Å². The van der Waals surface area contributed by atoms with Gasteiger partial charge >= 0.3 is 0 Å². The molecule has 0 saturated carbocycles. The quantitative estimate of drug-likeness (QED) is 0.718. The van der Waals surface area contributed by atoms with Gasteiger partial charge in [-0.1, -0.05) is 0 Å². The Morgan fingerprint density at radius 3 is 2.06 bits per heavy atom. The van der Waals surface area contributed by atoms with Crippen molar-refractivity contribution in [2.45, 2.75) is 12.5 Å². The zero-order valence-corrected chi connectivity index (χ0v) is 11.1. The van der Waals surface area contributed by atoms with Gasteiger partial charge in [0.25, 0.3) is 0 Å². The molecule has 0 aromatic carbocycles. The maximum absolute atomic E-state index is 12.1. The summed E-state index contributed by atoms with van der Waals surface area (Å²) in [6.07, 6.45) is 3.46. The smallest absolute Gasteiger partial charge is 0.189 e. The molecule has 18 heavy (non-hydrogen) atoms. The Morgan fingerprint density at radius 2 is 1.67 bits per heavy atom. The molecule has 0 atom stereocenters. The number of methoxy groups -OCH3 is 2. The fraction of sp³-hybridized carbons (Fsp3) is 0.615. The van der Waals surface area contributed by atoms with E-state index in [1.54, 1.807) is 12.2 Å². The Bertz CT molecular complexity index is 330. The van der Waals surface area contributed by atoms with Crippen LogP contribution in [0.25, 0.3) is 0 Å². The number of carbonyl (C=O) groups is 1. The van der Waals surface area contributed by atoms with Crippen molar-refractivity contribution >= 4 is 5.78 Å². The average molecular weight is 256 g/mol. The molecule has 1 aliphatic carbocycles. The lowest BCUT2D eigenvalue weighted by molar-refractivity contribution is -0.114. The highest BCUT2D eigenvalue weighted by Gasteiger charge is 2.30. The second-order valence-electron chi connectivity index (χ2n) is 4.29. The van der Waals surface area contributed by atoms with Gasteiger partial charge in [0.05, 0.1) is 26.4 Å². The minimum Gasteiger partial charge on any atom is -0.394 e. The van der Waals surface area contributed by atoms with Gasteiger partial charge in [-0.25, -0.2) is 0 Å². The summed E-state index contributed by atoms with van der Waals surface area (Å²) in [6.45, 7) is 2.44. The highest BCUT2D eigenvalue weighted by molar-refractivity contribution is 6.10. The molecule has 5 nitrogen and oxygen atoms in total. The number of aliphatic hydroxyl groups excluding tert-OH is 1. The largest absolute Gasteiger partial charge is 0.394 e. The molecule has 1 rings (SSSR count). The predicted octanol–water partition coefficient (Wildman–Crippen LogP) is 0.482. The average Bonchev–Trinajstić information content (AvgIpc) is 2.33. The second-order valence-corrected chi connectivity index (χ2v) is 4.29. The van der Waals surface area contributed by atoms with E-state index >= 15 is 0 Å². The molecular weight excluding hydrogens is 236 g/mol. The third-order valence-electron chi connectivity index (χ3n) is 2.61. The van der Waals surface area contributed by atoms with Gasteiger partial charge < -0.3 is 19.3 Å². The zero-order chi connectivity index (χ0) is 13.6. The Kier molecular flexibility index (Phi) is 5.68. The van der Waals surface area contributed by atoms with Gasteiger partial charge in [-0.15, -0.1) is 0 Å². The summed E-state index contributed by atoms with van der Waals surface area (Å²) in [5.74, 6) is -0.0798. The van der Waals surface area contributed by atoms with Crippen LogP contribution in [0, 0.1) is 0 Å². The monoisotopic (exact) mass is 256 g/mol. The lowest BCUT2D eigenvalue weighted by Gasteiger charge is -2.29. The van der Waals surface area contributed by atoms with E-state index in [0.717, 1.165) is 0 Å². The summed E-state index contributed by atoms with van der Waals surface area (Å²) in [5, 5.41) is 8.82. The van der Waals surface area contributed by atoms with E-state index < -0.39 is 5.60 Å². The van der Waals surface area contributed by atoms with E-state index in [2.05, 4.69) is 0 Å². The third kappa shape index (κ3) is 3.74. The van der Waals surface area contributed by atoms with Crippen molar-refractivity contribution < 1.29 is 24.1 Å². The summed E-state index contributed by atoms with van der Waals surface area (Å²) in [4.78, 5) is 12.1. The Labute approximate surface area is 107 Å². The molecule has 0 fully saturated rings. The number of hydrogen-bond acceptors (Lipinski definition) is 5. The SMILES string of the molecule is COCC1=CC(C)(OCCO)C=C(COC)C1=O. The van der Waals surface area contributed by atoms with Crippen LogP contribution in [0.1, 0.15) is 6.92 Å². The van der Waals surface area contributed by atoms with Gasteiger partial charge in [0.2, 0.25) is 0 Å². The summed E-state index contributed by atoms with van der Waals surface area (Å²) in [7, 11) is 3.07. The fourth-order valence-electron chi connectivity index (χ4n) is 1.95. The van der Waals surface area contributed by atoms with Crippen molar-refractivity contribution in [3.63, 3.8) is 0 Å². The van der Waals surface area contributed by atoms with E-state index in [1.165, 1.54) is 14.2 Å². The van der Waals surface area contributed by atoms with E-state index in [9.17, 15) is 4.79 Å². The molecule has 0 aromatic heterocycles. The number of ether oxygens (including phenoxy) is 3. The van der Waals surface area contributed by atoms with Crippen LogP contribution < -0.4 is 0 Å². The molecule has 0 spiro atoms. The van der Waals surface area contributed by atoms with E-state index in [0.29, 0.717) is 11.1 Å². The Balaban J connectivity index is 2.96. The van der Waals surface area contributed by atoms with Crippen LogP contribution in [-0.2, 0) is 19.0 Å². The van der Waals surface area contributed by atoms with Crippen LogP contribution >= 0.6 is 0 Å². The van der Waals surface area contributed by atoms with Gasteiger partial charge in [-0.3, -0.25) is 4.79 Å². The predicted molar refractivity (Wildman–Crippen MR) is 66.4 cm³/mol. The number of ketones is 1. The van der Waals surface area contributed by atoms with Crippen LogP contribution in [0.2, 0.25) is 0 Å². The summed E-state index contributed by atoms with van der Waals surface area (Å²) < 4.78 is 15.6. The molecule has 0 aliphatic heterocycles. The third-order valence-corrected chi connectivity index (χ3v) is 2.61. The van der Waals surface area contributed by atoms with Gasteiger partial charge in [-0.2, -0.15) is 0 Å². The zero-order valence-electron chi connectivity index (χ0n) is 11.1. The number of aliphatic hydroxyl groups is 1. The molecular formula is C13H20O5. The highest BCUT2D eigenvalue weighted by atomic mass is 16.5. The van der Waals surface area contributed by atoms with Crippen LogP contribution in [0.4, 0.5) is 0 Å². The Hall–Kier alpha value is -1.01. The second kappa shape index (κ2) is 6.80. The topological polar surface area (TPSA) is 65.0 Å². The Morgan fingerprint density at radius 1 is 1.17 bits per heavy atom. The van der Waals surface area contributed by atoms with Gasteiger partial charge in [0.1, 0.15) is 5.60 Å². The number of hydrogen-bond donors (Lipinski definition) is 1. The van der Waals surface area contributed by atoms with Crippen molar-refractivity contribution in [3.05, 3.63) is 23.3 Å². The number of rotatable bonds is 7. The molecule has 0 amide bonds. The van der Waals surface area contributed by atoms with Crippen molar-refractivity contribution in [1.82, 2.24) is 0 Å². The first-order chi connectivity index (χ1) is 8.56. The lowest BCUT2D eigenvalue weighted by atomic mass is 9.88. The first-order valence-electron chi connectivity index (χ1n) is 5.77. The lowest BCUT2D eigenvalue weighted by Crippen LogP contribution is -2.33. The summed E-state index contributed by atoms with van der Waals surface area (Å²) in [5.41, 5.74) is 0.387. The van der Waals surface area contributed by atoms with Gasteiger partial charge in [0, 0.05) is 25.4 Å². The van der Waals surface area contributed by atoms with Gasteiger partial charge in [-0.05, 0) is 19.1 Å². The maximum atomic E-state index is 12.1. The molecule has 0 aromatic rings. The van der Waals surface area contributed by atoms with E-state index in [4.69, 9.17) is 19.3 Å². The molecule has 0 bridgehead atoms. The maximum Gasteiger partial charge on any atom is 0.189 e. The summed E-state index contributed by atoms with van der Waals surface area (Å²) in [6, 6.07) is 0. The first kappa shape index (κ1) is 15.0. The van der Waals surface area contributed by atoms with Crippen LogP contribution in [0.15, 0.2) is 23.3 Å². The van der Waals surface area contributed by atoms with Crippen molar-refractivity contribution in [3.8, 4) is 0 Å². The minimum atomic E-state index is -0.710. The molecule has 0 saturated heterocycles. The van der Waals surface area contributed by atoms with Crippen LogP contribution in [0.3, 0.4) is 0 Å². The first-order valence-corrected chi connectivity index (χ1v) is 5.77. The normalized spacial score (nSPS) is 18.6. The molecule has 1 aliphatic rings. The number of carbonyl (C=O) groups excluding carboxylic acids is 1. The summed E-state index contributed by atoms with van der Waals surface area (Å²) >= 11 is 0. The molecule has 5 heteroatoms. The van der Waals surface area contributed by atoms with Gasteiger partial charge in [0.15, 0.2) is 5.78 Å². The number of Topliss-reactive ketones (excluding diaryl/α,β-unsaturated/α-hetero) is 1. The van der Waals surface area contributed by atoms with Crippen molar-refractivity contribution in [1.29, 1.82) is 0 Å². The van der Waals surface area contributed by atoms with Crippen molar-refractivity contribution in [2.75, 3.05) is 40.6 Å². The highest BCUT2D eigenvalue weighted by Crippen LogP contribution is 2.26. The minimum absolute atomic E-state index is 0.0650. The van der Waals surface area contributed by atoms with E-state index in [1.807, 2.05) is 6.92 Å². The molecule has 102 valence electrons. The standard InChI is InChI=1S/C13H20O5/c1-13(18-5-4-14)6-10(8-16-2)12(15)11(7-13)9-17-3/h6-7,14H,4-5,8-9H2,1-3H3. The molecule has 0 unspecified atom stereocenters. The van der Waals surface area contributed by atoms with E-state index in [-0.39, 0.29) is 32.2 Å². The molecule has 0 heterocycles. The fourth-order valence-corrected chi connectivity index (χ4v) is 1.95.